The van der Waals surface area contributed by atoms with E-state index in [-0.39, 0.29) is 5.96 Å². The molecule has 0 spiro atoms. The van der Waals surface area contributed by atoms with Crippen LogP contribution < -0.4 is 22.7 Å². The van der Waals surface area contributed by atoms with E-state index in [1.54, 1.807) is 0 Å². The molecule has 18 heavy (non-hydrogen) atoms. The summed E-state index contributed by atoms with van der Waals surface area (Å²) in [5.41, 5.74) is 17.6. The number of hydrogen-bond donors (Lipinski definition) is 5. The van der Waals surface area contributed by atoms with Crippen LogP contribution in [-0.2, 0) is 14.0 Å². The minimum atomic E-state index is -3.74. The first-order valence-corrected chi connectivity index (χ1v) is 7.34. The van der Waals surface area contributed by atoms with E-state index in [2.05, 4.69) is 9.62 Å². The molecule has 2 atom stereocenters. The van der Waals surface area contributed by atoms with Gasteiger partial charge >= 0.3 is 7.60 Å². The molecule has 0 aliphatic rings. The summed E-state index contributed by atoms with van der Waals surface area (Å²) in [4.78, 5) is 23.9. The summed E-state index contributed by atoms with van der Waals surface area (Å²) < 4.78 is 15.0. The quantitative estimate of drug-likeness (QED) is 0.120. The first-order valence-electron chi connectivity index (χ1n) is 5.32. The van der Waals surface area contributed by atoms with Gasteiger partial charge in [0.25, 0.3) is 5.91 Å². The molecule has 0 saturated heterocycles. The van der Waals surface area contributed by atoms with Gasteiger partial charge in [0.2, 0.25) is 0 Å². The third kappa shape index (κ3) is 10.0. The van der Waals surface area contributed by atoms with E-state index in [1.165, 1.54) is 0 Å². The van der Waals surface area contributed by atoms with Crippen LogP contribution in [0.4, 0.5) is 0 Å². The largest absolute Gasteiger partial charge is 0.370 e. The van der Waals surface area contributed by atoms with Crippen molar-refractivity contribution in [1.29, 1.82) is 0 Å². The van der Waals surface area contributed by atoms with E-state index in [4.69, 9.17) is 22.1 Å². The smallest absolute Gasteiger partial charge is 0.346 e. The predicted molar refractivity (Wildman–Crippen MR) is 67.5 cm³/mol. The Kier molecular flexibility index (Phi) is 7.53. The Morgan fingerprint density at radius 2 is 2.11 bits per heavy atom. The Balaban J connectivity index is 3.75. The number of nitrogens with one attached hydrogen (secondary N) is 1. The van der Waals surface area contributed by atoms with Crippen LogP contribution in [0.5, 0.6) is 0 Å². The third-order valence-corrected chi connectivity index (χ3v) is 2.30. The SMILES string of the molecule is CP(=O)(O)ONC(=O)[C@@H](N)CCCCN=C(N)N. The standard InChI is InChI=1S/C8H20N5O4P/c1-18(15,16)17-13-7(14)6(9)4-2-3-5-12-8(10)11/h6H,2-5,9H2,1H3,(H,13,14)(H,15,16)(H4,10,11,12)/t6-/m0/s1. The molecular weight excluding hydrogens is 261 g/mol. The first-order chi connectivity index (χ1) is 8.22. The van der Waals surface area contributed by atoms with Crippen LogP contribution in [0.1, 0.15) is 19.3 Å². The van der Waals surface area contributed by atoms with E-state index in [1.807, 2.05) is 5.48 Å². The second-order valence-electron chi connectivity index (χ2n) is 3.77. The Bertz CT molecular complexity index is 338. The summed E-state index contributed by atoms with van der Waals surface area (Å²) in [6, 6.07) is -0.809. The zero-order valence-corrected chi connectivity index (χ0v) is 11.1. The summed E-state index contributed by atoms with van der Waals surface area (Å²) in [6.07, 6.45) is 1.73. The minimum Gasteiger partial charge on any atom is -0.370 e. The number of nitrogens with zero attached hydrogens (tertiary/aromatic N) is 1. The van der Waals surface area contributed by atoms with Gasteiger partial charge in [-0.2, -0.15) is 4.62 Å². The zero-order chi connectivity index (χ0) is 14.2. The van der Waals surface area contributed by atoms with Gasteiger partial charge in [-0.05, 0) is 19.3 Å². The molecule has 0 aromatic heterocycles. The molecule has 106 valence electrons. The zero-order valence-electron chi connectivity index (χ0n) is 10.2. The van der Waals surface area contributed by atoms with Crippen molar-refractivity contribution in [1.82, 2.24) is 5.48 Å². The van der Waals surface area contributed by atoms with Crippen molar-refractivity contribution in [2.24, 2.45) is 22.2 Å². The second-order valence-corrected chi connectivity index (χ2v) is 5.56. The lowest BCUT2D eigenvalue weighted by Gasteiger charge is -2.12. The van der Waals surface area contributed by atoms with Crippen LogP contribution in [0.3, 0.4) is 0 Å². The van der Waals surface area contributed by atoms with Gasteiger partial charge in [0.15, 0.2) is 5.96 Å². The van der Waals surface area contributed by atoms with Gasteiger partial charge in [-0.3, -0.25) is 14.4 Å². The molecular formula is C8H20N5O4P. The van der Waals surface area contributed by atoms with Crippen LogP contribution in [0.2, 0.25) is 0 Å². The lowest BCUT2D eigenvalue weighted by Crippen LogP contribution is -2.40. The van der Waals surface area contributed by atoms with Crippen molar-refractivity contribution < 1.29 is 18.9 Å². The highest BCUT2D eigenvalue weighted by molar-refractivity contribution is 7.51. The lowest BCUT2D eigenvalue weighted by molar-refractivity contribution is -0.129. The number of hydrogen-bond acceptors (Lipinski definition) is 5. The van der Waals surface area contributed by atoms with Gasteiger partial charge in [0.05, 0.1) is 6.04 Å². The van der Waals surface area contributed by atoms with Gasteiger partial charge in [-0.1, -0.05) is 0 Å². The number of guanidine groups is 1. The topological polar surface area (TPSA) is 166 Å². The number of carbonyl (C=O) groups is 1. The fourth-order valence-electron chi connectivity index (χ4n) is 1.02. The van der Waals surface area contributed by atoms with E-state index in [9.17, 15) is 9.36 Å². The minimum absolute atomic E-state index is 0.0204. The van der Waals surface area contributed by atoms with Crippen LogP contribution in [0, 0.1) is 0 Å². The molecule has 0 fully saturated rings. The summed E-state index contributed by atoms with van der Waals surface area (Å²) in [7, 11) is -3.74. The normalized spacial score (nSPS) is 15.5. The third-order valence-electron chi connectivity index (χ3n) is 1.87. The number of amides is 1. The monoisotopic (exact) mass is 281 g/mol. The Morgan fingerprint density at radius 1 is 1.50 bits per heavy atom. The molecule has 1 amide bonds. The van der Waals surface area contributed by atoms with E-state index < -0.39 is 19.5 Å². The van der Waals surface area contributed by atoms with Crippen LogP contribution >= 0.6 is 7.60 Å². The Morgan fingerprint density at radius 3 is 2.61 bits per heavy atom. The molecule has 10 heteroatoms. The molecule has 0 aromatic carbocycles. The van der Waals surface area contributed by atoms with E-state index in [0.717, 1.165) is 6.66 Å². The van der Waals surface area contributed by atoms with Gasteiger partial charge in [-0.25, -0.2) is 5.48 Å². The maximum absolute atomic E-state index is 11.3. The molecule has 0 rings (SSSR count). The highest BCUT2D eigenvalue weighted by Crippen LogP contribution is 2.34. The number of nitrogens with two attached hydrogens (primary N) is 3. The van der Waals surface area contributed by atoms with Crippen LogP contribution in [0.25, 0.3) is 0 Å². The summed E-state index contributed by atoms with van der Waals surface area (Å²) >= 11 is 0. The second kappa shape index (κ2) is 8.04. The van der Waals surface area contributed by atoms with Gasteiger partial charge in [-0.15, -0.1) is 0 Å². The molecule has 0 aliphatic carbocycles. The van der Waals surface area contributed by atoms with Crippen molar-refractivity contribution >= 4 is 19.5 Å². The highest BCUT2D eigenvalue weighted by Gasteiger charge is 2.17. The summed E-state index contributed by atoms with van der Waals surface area (Å²) in [5, 5.41) is 0. The number of aliphatic imine (C=N–C) groups is 1. The molecule has 0 radical (unpaired) electrons. The first kappa shape index (κ1) is 16.9. The molecule has 1 unspecified atom stereocenters. The number of carbonyl (C=O) groups excluding carboxylic acids is 1. The van der Waals surface area contributed by atoms with Crippen molar-refractivity contribution in [3.63, 3.8) is 0 Å². The summed E-state index contributed by atoms with van der Waals surface area (Å²) in [5.74, 6) is -0.625. The van der Waals surface area contributed by atoms with Gasteiger partial charge in [0, 0.05) is 13.2 Å². The van der Waals surface area contributed by atoms with Crippen molar-refractivity contribution in [3.05, 3.63) is 0 Å². The van der Waals surface area contributed by atoms with Crippen molar-refractivity contribution in [2.45, 2.75) is 25.3 Å². The van der Waals surface area contributed by atoms with E-state index >= 15 is 0 Å². The molecule has 0 heterocycles. The number of unbranched alkanes of at least 4 members (excludes halogenated alkanes) is 1. The maximum atomic E-state index is 11.3. The van der Waals surface area contributed by atoms with Crippen LogP contribution in [-0.4, -0.2) is 36.0 Å². The number of rotatable bonds is 8. The number of hydroxylamine groups is 1. The molecule has 8 N–H and O–H groups in total. The molecule has 0 aliphatic heterocycles. The molecule has 9 nitrogen and oxygen atoms in total. The average molecular weight is 281 g/mol. The fourth-order valence-corrected chi connectivity index (χ4v) is 1.28. The molecule has 0 bridgehead atoms. The Hall–Kier alpha value is -1.15. The molecule has 0 aromatic rings. The van der Waals surface area contributed by atoms with Crippen molar-refractivity contribution in [3.8, 4) is 0 Å². The molecule has 0 saturated carbocycles. The van der Waals surface area contributed by atoms with Gasteiger partial charge in [0.1, 0.15) is 0 Å². The van der Waals surface area contributed by atoms with E-state index in [0.29, 0.717) is 25.8 Å². The summed E-state index contributed by atoms with van der Waals surface area (Å²) in [6.45, 7) is 1.42. The van der Waals surface area contributed by atoms with Gasteiger partial charge < -0.3 is 22.1 Å². The lowest BCUT2D eigenvalue weighted by atomic mass is 10.1. The Labute approximate surface area is 105 Å². The van der Waals surface area contributed by atoms with Crippen LogP contribution in [0.15, 0.2) is 4.99 Å². The predicted octanol–water partition coefficient (Wildman–Crippen LogP) is -1.38. The fraction of sp³-hybridized carbons (Fsp3) is 0.750. The average Bonchev–Trinajstić information content (AvgIpc) is 2.23. The van der Waals surface area contributed by atoms with Crippen molar-refractivity contribution in [2.75, 3.05) is 13.2 Å². The highest BCUT2D eigenvalue weighted by atomic mass is 31.2. The maximum Gasteiger partial charge on any atom is 0.346 e.